The lowest BCUT2D eigenvalue weighted by molar-refractivity contribution is 0.140. The summed E-state index contributed by atoms with van der Waals surface area (Å²) in [6.45, 7) is 4.38. The summed E-state index contributed by atoms with van der Waals surface area (Å²) in [4.78, 5) is 4.85. The summed E-state index contributed by atoms with van der Waals surface area (Å²) >= 11 is 0. The van der Waals surface area contributed by atoms with Crippen molar-refractivity contribution in [1.82, 2.24) is 19.6 Å². The molecule has 0 amide bonds. The van der Waals surface area contributed by atoms with Crippen LogP contribution < -0.4 is 5.73 Å². The molecule has 0 spiro atoms. The summed E-state index contributed by atoms with van der Waals surface area (Å²) in [5.41, 5.74) is 5.59. The van der Waals surface area contributed by atoms with Gasteiger partial charge in [-0.2, -0.15) is 5.10 Å². The molecule has 5 nitrogen and oxygen atoms in total. The number of nitrogens with two attached hydrogens (primary N) is 1. The van der Waals surface area contributed by atoms with E-state index < -0.39 is 0 Å². The molecule has 2 N–H and O–H groups in total. The zero-order chi connectivity index (χ0) is 12.3. The SMILES string of the molecule is CN1CCC(N(C)CCn2ccc(N)n2)CC1. The maximum atomic E-state index is 5.59. The molecule has 1 saturated heterocycles. The van der Waals surface area contributed by atoms with Crippen LogP contribution in [0.4, 0.5) is 5.82 Å². The van der Waals surface area contributed by atoms with E-state index in [4.69, 9.17) is 5.73 Å². The zero-order valence-electron chi connectivity index (χ0n) is 10.8. The molecule has 0 radical (unpaired) electrons. The van der Waals surface area contributed by atoms with Crippen LogP contribution in [-0.2, 0) is 6.54 Å². The first-order valence-electron chi connectivity index (χ1n) is 6.33. The molecule has 1 aromatic rings. The highest BCUT2D eigenvalue weighted by Crippen LogP contribution is 2.13. The van der Waals surface area contributed by atoms with Gasteiger partial charge < -0.3 is 15.5 Å². The van der Waals surface area contributed by atoms with Gasteiger partial charge in [-0.3, -0.25) is 4.68 Å². The lowest BCUT2D eigenvalue weighted by Crippen LogP contribution is -2.42. The molecule has 1 aliphatic rings. The predicted molar refractivity (Wildman–Crippen MR) is 69.8 cm³/mol. The number of rotatable bonds is 4. The Labute approximate surface area is 103 Å². The van der Waals surface area contributed by atoms with Crippen LogP contribution in [0.2, 0.25) is 0 Å². The van der Waals surface area contributed by atoms with Gasteiger partial charge in [0.25, 0.3) is 0 Å². The van der Waals surface area contributed by atoms with Crippen LogP contribution in [0.25, 0.3) is 0 Å². The molecule has 0 bridgehead atoms. The van der Waals surface area contributed by atoms with E-state index in [0.717, 1.165) is 19.1 Å². The average molecular weight is 237 g/mol. The Kier molecular flexibility index (Phi) is 4.02. The number of anilines is 1. The Balaban J connectivity index is 1.75. The van der Waals surface area contributed by atoms with Crippen LogP contribution in [0.3, 0.4) is 0 Å². The van der Waals surface area contributed by atoms with Crippen molar-refractivity contribution in [2.45, 2.75) is 25.4 Å². The molecule has 1 fully saturated rings. The topological polar surface area (TPSA) is 50.3 Å². The third-order valence-corrected chi connectivity index (χ3v) is 3.65. The van der Waals surface area contributed by atoms with Crippen molar-refractivity contribution < 1.29 is 0 Å². The highest BCUT2D eigenvalue weighted by molar-refractivity contribution is 5.23. The number of nitrogen functional groups attached to an aromatic ring is 1. The highest BCUT2D eigenvalue weighted by Gasteiger charge is 2.20. The average Bonchev–Trinajstić information content (AvgIpc) is 2.73. The quantitative estimate of drug-likeness (QED) is 0.828. The molecule has 0 atom stereocenters. The van der Waals surface area contributed by atoms with Gasteiger partial charge in [0, 0.05) is 18.8 Å². The van der Waals surface area contributed by atoms with Crippen LogP contribution in [0.15, 0.2) is 12.3 Å². The number of hydrogen-bond acceptors (Lipinski definition) is 4. The minimum atomic E-state index is 0.604. The first-order valence-corrected chi connectivity index (χ1v) is 6.33. The first kappa shape index (κ1) is 12.4. The van der Waals surface area contributed by atoms with Crippen molar-refractivity contribution in [3.05, 3.63) is 12.3 Å². The van der Waals surface area contributed by atoms with Crippen molar-refractivity contribution >= 4 is 5.82 Å². The summed E-state index contributed by atoms with van der Waals surface area (Å²) < 4.78 is 1.92. The third-order valence-electron chi connectivity index (χ3n) is 3.65. The first-order chi connectivity index (χ1) is 8.15. The second-order valence-corrected chi connectivity index (χ2v) is 5.02. The Morgan fingerprint density at radius 1 is 1.47 bits per heavy atom. The van der Waals surface area contributed by atoms with E-state index in [0.29, 0.717) is 5.82 Å². The largest absolute Gasteiger partial charge is 0.382 e. The molecule has 17 heavy (non-hydrogen) atoms. The van der Waals surface area contributed by atoms with E-state index in [1.165, 1.54) is 25.9 Å². The molecule has 0 saturated carbocycles. The Bertz CT molecular complexity index is 340. The molecular formula is C12H23N5. The fraction of sp³-hybridized carbons (Fsp3) is 0.750. The lowest BCUT2D eigenvalue weighted by atomic mass is 10.0. The van der Waals surface area contributed by atoms with Gasteiger partial charge in [0.1, 0.15) is 5.82 Å². The maximum Gasteiger partial charge on any atom is 0.145 e. The Morgan fingerprint density at radius 3 is 2.76 bits per heavy atom. The summed E-state index contributed by atoms with van der Waals surface area (Å²) in [6.07, 6.45) is 4.49. The summed E-state index contributed by atoms with van der Waals surface area (Å²) in [6, 6.07) is 2.56. The lowest BCUT2D eigenvalue weighted by Gasteiger charge is -2.35. The van der Waals surface area contributed by atoms with E-state index >= 15 is 0 Å². The third kappa shape index (κ3) is 3.44. The number of likely N-dealkylation sites (N-methyl/N-ethyl adjacent to an activating group) is 1. The van der Waals surface area contributed by atoms with E-state index in [9.17, 15) is 0 Å². The standard InChI is InChI=1S/C12H23N5/c1-15-6-3-11(4-7-15)16(2)9-10-17-8-5-12(13)14-17/h5,8,11H,3-4,6-7,9-10H2,1-2H3,(H2,13,14). The molecule has 1 aromatic heterocycles. The predicted octanol–water partition coefficient (Wildman–Crippen LogP) is 0.491. The molecule has 1 aliphatic heterocycles. The van der Waals surface area contributed by atoms with Crippen LogP contribution >= 0.6 is 0 Å². The van der Waals surface area contributed by atoms with E-state index in [-0.39, 0.29) is 0 Å². The van der Waals surface area contributed by atoms with Gasteiger partial charge in [0.15, 0.2) is 0 Å². The van der Waals surface area contributed by atoms with Crippen LogP contribution in [0, 0.1) is 0 Å². The molecule has 2 rings (SSSR count). The Morgan fingerprint density at radius 2 is 2.18 bits per heavy atom. The molecule has 2 heterocycles. The molecule has 0 aromatic carbocycles. The molecule has 96 valence electrons. The van der Waals surface area contributed by atoms with Crippen LogP contribution in [0.1, 0.15) is 12.8 Å². The van der Waals surface area contributed by atoms with Crippen molar-refractivity contribution in [3.63, 3.8) is 0 Å². The summed E-state index contributed by atoms with van der Waals surface area (Å²) in [5, 5.41) is 4.20. The fourth-order valence-corrected chi connectivity index (χ4v) is 2.38. The molecule has 0 aliphatic carbocycles. The number of piperidine rings is 1. The number of likely N-dealkylation sites (tertiary alicyclic amines) is 1. The van der Waals surface area contributed by atoms with Crippen LogP contribution in [0.5, 0.6) is 0 Å². The number of hydrogen-bond donors (Lipinski definition) is 1. The van der Waals surface area contributed by atoms with Gasteiger partial charge in [-0.1, -0.05) is 0 Å². The zero-order valence-corrected chi connectivity index (χ0v) is 10.8. The van der Waals surface area contributed by atoms with Crippen molar-refractivity contribution in [1.29, 1.82) is 0 Å². The highest BCUT2D eigenvalue weighted by atomic mass is 15.3. The molecular weight excluding hydrogens is 214 g/mol. The second kappa shape index (κ2) is 5.51. The maximum absolute atomic E-state index is 5.59. The van der Waals surface area contributed by atoms with Crippen molar-refractivity contribution in [2.75, 3.05) is 39.5 Å². The van der Waals surface area contributed by atoms with Gasteiger partial charge in [-0.05, 0) is 46.1 Å². The summed E-state index contributed by atoms with van der Waals surface area (Å²) in [7, 11) is 4.41. The van der Waals surface area contributed by atoms with Gasteiger partial charge in [-0.15, -0.1) is 0 Å². The van der Waals surface area contributed by atoms with Gasteiger partial charge in [0.2, 0.25) is 0 Å². The molecule has 0 unspecified atom stereocenters. The normalized spacial score (nSPS) is 19.0. The number of nitrogens with zero attached hydrogens (tertiary/aromatic N) is 4. The second-order valence-electron chi connectivity index (χ2n) is 5.02. The monoisotopic (exact) mass is 237 g/mol. The molecule has 5 heteroatoms. The Hall–Kier alpha value is -1.07. The summed E-state index contributed by atoms with van der Waals surface area (Å²) in [5.74, 6) is 0.604. The fourth-order valence-electron chi connectivity index (χ4n) is 2.38. The van der Waals surface area contributed by atoms with Gasteiger partial charge in [0.05, 0.1) is 6.54 Å². The van der Waals surface area contributed by atoms with Crippen molar-refractivity contribution in [2.24, 2.45) is 0 Å². The minimum absolute atomic E-state index is 0.604. The van der Waals surface area contributed by atoms with Crippen LogP contribution in [-0.4, -0.2) is 59.4 Å². The van der Waals surface area contributed by atoms with E-state index in [2.05, 4.69) is 29.0 Å². The van der Waals surface area contributed by atoms with Gasteiger partial charge in [-0.25, -0.2) is 0 Å². The van der Waals surface area contributed by atoms with E-state index in [1.54, 1.807) is 0 Å². The van der Waals surface area contributed by atoms with Gasteiger partial charge >= 0.3 is 0 Å². The van der Waals surface area contributed by atoms with E-state index in [1.807, 2.05) is 16.9 Å². The minimum Gasteiger partial charge on any atom is -0.382 e. The number of aromatic nitrogens is 2. The smallest absolute Gasteiger partial charge is 0.145 e. The van der Waals surface area contributed by atoms with Crippen molar-refractivity contribution in [3.8, 4) is 0 Å².